The van der Waals surface area contributed by atoms with Crippen LogP contribution < -0.4 is 10.6 Å². The Morgan fingerprint density at radius 3 is 2.77 bits per heavy atom. The molecule has 2 N–H and O–H groups in total. The summed E-state index contributed by atoms with van der Waals surface area (Å²) in [5.41, 5.74) is 5.75. The Morgan fingerprint density at radius 2 is 2.18 bits per heavy atom. The highest BCUT2D eigenvalue weighted by atomic mass is 16.6. The van der Waals surface area contributed by atoms with Crippen molar-refractivity contribution < 1.29 is 14.3 Å². The monoisotopic (exact) mass is 305 g/mol. The molecule has 0 spiro atoms. The van der Waals surface area contributed by atoms with Crippen molar-refractivity contribution in [3.8, 4) is 0 Å². The zero-order chi connectivity index (χ0) is 16.3. The lowest BCUT2D eigenvalue weighted by atomic mass is 9.93. The van der Waals surface area contributed by atoms with E-state index in [1.165, 1.54) is 0 Å². The lowest BCUT2D eigenvalue weighted by molar-refractivity contribution is -0.157. The first-order chi connectivity index (χ1) is 10.3. The Morgan fingerprint density at radius 1 is 1.45 bits per heavy atom. The third-order valence-electron chi connectivity index (χ3n) is 3.47. The second-order valence-corrected chi connectivity index (χ2v) is 6.56. The quantitative estimate of drug-likeness (QED) is 0.865. The smallest absolute Gasteiger partial charge is 0.307 e. The largest absolute Gasteiger partial charge is 0.460 e. The summed E-state index contributed by atoms with van der Waals surface area (Å²) in [6.45, 7) is 6.09. The van der Waals surface area contributed by atoms with Crippen molar-refractivity contribution in [1.29, 1.82) is 0 Å². The number of hydrogen-bond donors (Lipinski definition) is 1. The van der Waals surface area contributed by atoms with E-state index in [1.807, 2.05) is 20.8 Å². The van der Waals surface area contributed by atoms with Gasteiger partial charge in [-0.3, -0.25) is 9.59 Å². The van der Waals surface area contributed by atoms with Gasteiger partial charge in [0, 0.05) is 12.5 Å². The van der Waals surface area contributed by atoms with Crippen LogP contribution in [0.2, 0.25) is 0 Å². The molecule has 1 atom stereocenters. The van der Waals surface area contributed by atoms with Crippen molar-refractivity contribution in [3.63, 3.8) is 0 Å². The maximum atomic E-state index is 12.6. The fraction of sp³-hybridized carbons (Fsp3) is 0.562. The molecule has 22 heavy (non-hydrogen) atoms. The predicted molar refractivity (Wildman–Crippen MR) is 84.2 cm³/mol. The minimum atomic E-state index is -0.532. The molecule has 1 unspecified atom stereocenters. The molecule has 2 heterocycles. The Labute approximate surface area is 130 Å². The molecule has 2 rings (SSSR count). The first-order valence-electron chi connectivity index (χ1n) is 7.51. The SMILES string of the molecule is CC(C)(C)OC(=O)CC1CCCN(c2ccc(N)nc2)C1=O. The molecule has 1 aromatic rings. The predicted octanol–water partition coefficient (Wildman–Crippen LogP) is 2.14. The Bertz CT molecular complexity index is 549. The van der Waals surface area contributed by atoms with E-state index in [0.717, 1.165) is 6.42 Å². The minimum Gasteiger partial charge on any atom is -0.460 e. The molecule has 0 aromatic carbocycles. The van der Waals surface area contributed by atoms with Crippen LogP contribution in [-0.2, 0) is 14.3 Å². The summed E-state index contributed by atoms with van der Waals surface area (Å²) in [5, 5.41) is 0. The van der Waals surface area contributed by atoms with Crippen molar-refractivity contribution in [3.05, 3.63) is 18.3 Å². The highest BCUT2D eigenvalue weighted by Crippen LogP contribution is 2.27. The zero-order valence-electron chi connectivity index (χ0n) is 13.3. The molecule has 6 heteroatoms. The third kappa shape index (κ3) is 4.19. The number of piperidine rings is 1. The van der Waals surface area contributed by atoms with E-state index in [2.05, 4.69) is 4.98 Å². The fourth-order valence-electron chi connectivity index (χ4n) is 2.54. The number of pyridine rings is 1. The van der Waals surface area contributed by atoms with Crippen molar-refractivity contribution in [1.82, 2.24) is 4.98 Å². The van der Waals surface area contributed by atoms with Crippen LogP contribution in [0.15, 0.2) is 18.3 Å². The van der Waals surface area contributed by atoms with Crippen molar-refractivity contribution in [2.45, 2.75) is 45.6 Å². The van der Waals surface area contributed by atoms with Gasteiger partial charge in [0.25, 0.3) is 0 Å². The van der Waals surface area contributed by atoms with Crippen LogP contribution in [0.25, 0.3) is 0 Å². The van der Waals surface area contributed by atoms with Gasteiger partial charge in [-0.15, -0.1) is 0 Å². The number of carbonyl (C=O) groups excluding carboxylic acids is 2. The normalized spacial score (nSPS) is 19.1. The summed E-state index contributed by atoms with van der Waals surface area (Å²) >= 11 is 0. The molecule has 1 fully saturated rings. The molecule has 1 saturated heterocycles. The second-order valence-electron chi connectivity index (χ2n) is 6.56. The van der Waals surface area contributed by atoms with Crippen molar-refractivity contribution in [2.75, 3.05) is 17.2 Å². The van der Waals surface area contributed by atoms with Crippen LogP contribution in [0, 0.1) is 5.92 Å². The maximum absolute atomic E-state index is 12.6. The minimum absolute atomic E-state index is 0.0521. The molecule has 0 bridgehead atoms. The lowest BCUT2D eigenvalue weighted by Crippen LogP contribution is -2.42. The van der Waals surface area contributed by atoms with Crippen molar-refractivity contribution >= 4 is 23.4 Å². The lowest BCUT2D eigenvalue weighted by Gasteiger charge is -2.32. The summed E-state index contributed by atoms with van der Waals surface area (Å²) in [6.07, 6.45) is 3.26. The molecule has 0 radical (unpaired) electrons. The van der Waals surface area contributed by atoms with Gasteiger partial charge in [-0.05, 0) is 45.7 Å². The maximum Gasteiger partial charge on any atom is 0.307 e. The number of anilines is 2. The molecule has 0 aliphatic carbocycles. The van der Waals surface area contributed by atoms with Gasteiger partial charge in [0.1, 0.15) is 11.4 Å². The van der Waals surface area contributed by atoms with Gasteiger partial charge >= 0.3 is 5.97 Å². The first-order valence-corrected chi connectivity index (χ1v) is 7.51. The number of nitrogens with zero attached hydrogens (tertiary/aromatic N) is 2. The van der Waals surface area contributed by atoms with Gasteiger partial charge in [0.2, 0.25) is 5.91 Å². The number of aromatic nitrogens is 1. The Balaban J connectivity index is 2.04. The van der Waals surface area contributed by atoms with Gasteiger partial charge in [0.05, 0.1) is 18.3 Å². The molecule has 120 valence electrons. The highest BCUT2D eigenvalue weighted by molar-refractivity contribution is 5.97. The number of esters is 1. The first kappa shape index (κ1) is 16.3. The van der Waals surface area contributed by atoms with E-state index in [-0.39, 0.29) is 24.2 Å². The second kappa shape index (κ2) is 6.34. The standard InChI is InChI=1S/C16H23N3O3/c1-16(2,3)22-14(20)9-11-5-4-8-19(15(11)21)12-6-7-13(17)18-10-12/h6-7,10-11H,4-5,8-9H2,1-3H3,(H2,17,18). The molecule has 1 aliphatic rings. The van der Waals surface area contributed by atoms with Crippen LogP contribution >= 0.6 is 0 Å². The van der Waals surface area contributed by atoms with Gasteiger partial charge < -0.3 is 15.4 Å². The third-order valence-corrected chi connectivity index (χ3v) is 3.47. The summed E-state index contributed by atoms with van der Waals surface area (Å²) in [7, 11) is 0. The van der Waals surface area contributed by atoms with E-state index < -0.39 is 5.60 Å². The Hall–Kier alpha value is -2.11. The molecular formula is C16H23N3O3. The number of hydrogen-bond acceptors (Lipinski definition) is 5. The van der Waals surface area contributed by atoms with Crippen LogP contribution in [0.3, 0.4) is 0 Å². The molecule has 6 nitrogen and oxygen atoms in total. The number of nitrogens with two attached hydrogens (primary N) is 1. The number of rotatable bonds is 3. The van der Waals surface area contributed by atoms with Crippen molar-refractivity contribution in [2.24, 2.45) is 5.92 Å². The fourth-order valence-corrected chi connectivity index (χ4v) is 2.54. The molecule has 1 aromatic heterocycles. The molecule has 1 amide bonds. The topological polar surface area (TPSA) is 85.5 Å². The Kier molecular flexibility index (Phi) is 4.68. The van der Waals surface area contributed by atoms with E-state index >= 15 is 0 Å². The summed E-state index contributed by atoms with van der Waals surface area (Å²) in [5.74, 6) is -0.300. The summed E-state index contributed by atoms with van der Waals surface area (Å²) in [6, 6.07) is 3.44. The number of ether oxygens (including phenoxy) is 1. The zero-order valence-corrected chi connectivity index (χ0v) is 13.3. The van der Waals surface area contributed by atoms with Crippen LogP contribution in [-0.4, -0.2) is 29.0 Å². The summed E-state index contributed by atoms with van der Waals surface area (Å²) < 4.78 is 5.31. The molecular weight excluding hydrogens is 282 g/mol. The van der Waals surface area contributed by atoms with Gasteiger partial charge in [-0.25, -0.2) is 4.98 Å². The van der Waals surface area contributed by atoms with E-state index in [1.54, 1.807) is 23.2 Å². The van der Waals surface area contributed by atoms with Crippen LogP contribution in [0.4, 0.5) is 11.5 Å². The van der Waals surface area contributed by atoms with Crippen LogP contribution in [0.5, 0.6) is 0 Å². The van der Waals surface area contributed by atoms with E-state index in [9.17, 15) is 9.59 Å². The van der Waals surface area contributed by atoms with Gasteiger partial charge in [-0.2, -0.15) is 0 Å². The average molecular weight is 305 g/mol. The summed E-state index contributed by atoms with van der Waals surface area (Å²) in [4.78, 5) is 30.2. The van der Waals surface area contributed by atoms with E-state index in [0.29, 0.717) is 24.5 Å². The average Bonchev–Trinajstić information content (AvgIpc) is 2.40. The number of amides is 1. The molecule has 0 saturated carbocycles. The number of carbonyl (C=O) groups is 2. The number of nitrogen functional groups attached to an aromatic ring is 1. The van der Waals surface area contributed by atoms with Gasteiger partial charge in [-0.1, -0.05) is 0 Å². The molecule has 1 aliphatic heterocycles. The van der Waals surface area contributed by atoms with Gasteiger partial charge in [0.15, 0.2) is 0 Å². The highest BCUT2D eigenvalue weighted by Gasteiger charge is 2.32. The van der Waals surface area contributed by atoms with E-state index in [4.69, 9.17) is 10.5 Å². The van der Waals surface area contributed by atoms with Crippen LogP contribution in [0.1, 0.15) is 40.0 Å².